The van der Waals surface area contributed by atoms with Gasteiger partial charge in [0, 0.05) is 24.1 Å². The summed E-state index contributed by atoms with van der Waals surface area (Å²) >= 11 is 1.33. The summed E-state index contributed by atoms with van der Waals surface area (Å²) in [5.74, 6) is -0.431. The van der Waals surface area contributed by atoms with E-state index in [1.165, 1.54) is 17.4 Å². The molecule has 132 valence electrons. The Bertz CT molecular complexity index is 788. The minimum atomic E-state index is -0.477. The highest BCUT2D eigenvalue weighted by Crippen LogP contribution is 2.31. The van der Waals surface area contributed by atoms with Gasteiger partial charge in [-0.15, -0.1) is 10.2 Å². The van der Waals surface area contributed by atoms with Gasteiger partial charge in [-0.25, -0.2) is 0 Å². The number of hydrogen-bond acceptors (Lipinski definition) is 7. The number of aryl methyl sites for hydroxylation is 1. The molecule has 0 radical (unpaired) electrons. The van der Waals surface area contributed by atoms with Crippen molar-refractivity contribution in [3.05, 3.63) is 38.9 Å². The average Bonchev–Trinajstić information content (AvgIpc) is 3.30. The summed E-state index contributed by atoms with van der Waals surface area (Å²) in [4.78, 5) is 23.1. The normalized spacial score (nSPS) is 13.5. The first-order chi connectivity index (χ1) is 12.1. The number of nitrogens with zero attached hydrogens (tertiary/aromatic N) is 3. The molecule has 1 amide bonds. The monoisotopic (exact) mass is 361 g/mol. The number of nitrogens with one attached hydrogen (secondary N) is 2. The molecule has 9 heteroatoms. The number of aromatic nitrogens is 2. The molecule has 3 rings (SSSR count). The first-order valence-electron chi connectivity index (χ1n) is 8.25. The number of hydrogen-bond donors (Lipinski definition) is 2. The fourth-order valence-corrected chi connectivity index (χ4v) is 3.07. The minimum Gasteiger partial charge on any atom is -0.377 e. The molecule has 1 heterocycles. The molecule has 1 aromatic heterocycles. The van der Waals surface area contributed by atoms with Crippen LogP contribution in [0.1, 0.15) is 48.0 Å². The average molecular weight is 361 g/mol. The van der Waals surface area contributed by atoms with Gasteiger partial charge in [-0.05, 0) is 31.4 Å². The van der Waals surface area contributed by atoms with E-state index >= 15 is 0 Å². The SMILES string of the molecule is CCCCc1nnc(NC(=O)c2ccc(NC3CC3)c([N+](=O)[O-])c2)s1. The predicted molar refractivity (Wildman–Crippen MR) is 96.2 cm³/mol. The van der Waals surface area contributed by atoms with Crippen molar-refractivity contribution >= 4 is 33.8 Å². The van der Waals surface area contributed by atoms with E-state index in [1.54, 1.807) is 12.1 Å². The summed E-state index contributed by atoms with van der Waals surface area (Å²) in [7, 11) is 0. The third kappa shape index (κ3) is 4.50. The predicted octanol–water partition coefficient (Wildman–Crippen LogP) is 3.62. The highest BCUT2D eigenvalue weighted by molar-refractivity contribution is 7.15. The molecule has 0 aliphatic heterocycles. The first kappa shape index (κ1) is 17.3. The van der Waals surface area contributed by atoms with Crippen molar-refractivity contribution in [2.45, 2.75) is 45.1 Å². The van der Waals surface area contributed by atoms with E-state index < -0.39 is 10.8 Å². The molecule has 1 aromatic carbocycles. The molecule has 0 saturated heterocycles. The number of rotatable bonds is 8. The molecule has 0 bridgehead atoms. The van der Waals surface area contributed by atoms with Gasteiger partial charge in [0.25, 0.3) is 11.6 Å². The lowest BCUT2D eigenvalue weighted by Crippen LogP contribution is -2.13. The zero-order valence-electron chi connectivity index (χ0n) is 13.8. The van der Waals surface area contributed by atoms with Crippen LogP contribution in [0.15, 0.2) is 18.2 Å². The van der Waals surface area contributed by atoms with Gasteiger partial charge in [-0.3, -0.25) is 20.2 Å². The molecule has 1 saturated carbocycles. The van der Waals surface area contributed by atoms with E-state index in [-0.39, 0.29) is 11.3 Å². The summed E-state index contributed by atoms with van der Waals surface area (Å²) in [6, 6.07) is 4.74. The van der Waals surface area contributed by atoms with Crippen molar-refractivity contribution < 1.29 is 9.72 Å². The van der Waals surface area contributed by atoms with Crippen molar-refractivity contribution in [2.75, 3.05) is 10.6 Å². The molecule has 1 aliphatic carbocycles. The maximum Gasteiger partial charge on any atom is 0.293 e. The number of nitro benzene ring substituents is 1. The maximum absolute atomic E-state index is 12.3. The Morgan fingerprint density at radius 3 is 2.88 bits per heavy atom. The number of carbonyl (C=O) groups is 1. The molecule has 2 N–H and O–H groups in total. The lowest BCUT2D eigenvalue weighted by atomic mass is 10.1. The van der Waals surface area contributed by atoms with E-state index in [9.17, 15) is 14.9 Å². The van der Waals surface area contributed by atoms with Crippen LogP contribution in [-0.4, -0.2) is 27.1 Å². The number of nitro groups is 1. The third-order valence-electron chi connectivity index (χ3n) is 3.83. The van der Waals surface area contributed by atoms with Crippen LogP contribution in [0, 0.1) is 10.1 Å². The van der Waals surface area contributed by atoms with Crippen LogP contribution in [0.25, 0.3) is 0 Å². The van der Waals surface area contributed by atoms with Crippen LogP contribution in [-0.2, 0) is 6.42 Å². The maximum atomic E-state index is 12.3. The quantitative estimate of drug-likeness (QED) is 0.549. The van der Waals surface area contributed by atoms with Crippen molar-refractivity contribution in [3.8, 4) is 0 Å². The number of amides is 1. The van der Waals surface area contributed by atoms with Gasteiger partial charge in [0.2, 0.25) is 5.13 Å². The number of unbranched alkanes of at least 4 members (excludes halogenated alkanes) is 1. The van der Waals surface area contributed by atoms with Crippen molar-refractivity contribution in [1.29, 1.82) is 0 Å². The molecule has 0 spiro atoms. The van der Waals surface area contributed by atoms with E-state index in [2.05, 4.69) is 27.8 Å². The fourth-order valence-electron chi connectivity index (χ4n) is 2.30. The summed E-state index contributed by atoms with van der Waals surface area (Å²) in [6.45, 7) is 2.10. The second-order valence-corrected chi connectivity index (χ2v) is 7.03. The standard InChI is InChI=1S/C16H19N5O3S/c1-2-3-4-14-19-20-16(25-14)18-15(22)10-5-8-12(17-11-6-7-11)13(9-10)21(23)24/h5,8-9,11,17H,2-4,6-7H2,1H3,(H,18,20,22). The smallest absolute Gasteiger partial charge is 0.293 e. The largest absolute Gasteiger partial charge is 0.377 e. The van der Waals surface area contributed by atoms with E-state index in [0.29, 0.717) is 16.9 Å². The highest BCUT2D eigenvalue weighted by Gasteiger charge is 2.25. The fraction of sp³-hybridized carbons (Fsp3) is 0.438. The van der Waals surface area contributed by atoms with Gasteiger partial charge in [-0.1, -0.05) is 24.7 Å². The van der Waals surface area contributed by atoms with Gasteiger partial charge in [0.15, 0.2) is 0 Å². The minimum absolute atomic E-state index is 0.0968. The molecule has 8 nitrogen and oxygen atoms in total. The van der Waals surface area contributed by atoms with Crippen molar-refractivity contribution in [3.63, 3.8) is 0 Å². The number of benzene rings is 1. The number of anilines is 2. The Kier molecular flexibility index (Phi) is 5.22. The van der Waals surface area contributed by atoms with Crippen molar-refractivity contribution in [1.82, 2.24) is 10.2 Å². The van der Waals surface area contributed by atoms with E-state index in [4.69, 9.17) is 0 Å². The topological polar surface area (TPSA) is 110 Å². The Morgan fingerprint density at radius 1 is 1.40 bits per heavy atom. The Morgan fingerprint density at radius 2 is 2.20 bits per heavy atom. The van der Waals surface area contributed by atoms with Crippen LogP contribution in [0.4, 0.5) is 16.5 Å². The molecular weight excluding hydrogens is 342 g/mol. The molecule has 0 atom stereocenters. The van der Waals surface area contributed by atoms with Gasteiger partial charge >= 0.3 is 0 Å². The molecule has 1 aliphatic rings. The third-order valence-corrected chi connectivity index (χ3v) is 4.72. The zero-order valence-corrected chi connectivity index (χ0v) is 14.6. The Labute approximate surface area is 148 Å². The van der Waals surface area contributed by atoms with Gasteiger partial charge in [0.05, 0.1) is 4.92 Å². The second kappa shape index (κ2) is 7.56. The van der Waals surface area contributed by atoms with Crippen LogP contribution < -0.4 is 10.6 Å². The van der Waals surface area contributed by atoms with Gasteiger partial charge in [0.1, 0.15) is 10.7 Å². The van der Waals surface area contributed by atoms with Crippen LogP contribution in [0.5, 0.6) is 0 Å². The molecule has 25 heavy (non-hydrogen) atoms. The van der Waals surface area contributed by atoms with Crippen LogP contribution >= 0.6 is 11.3 Å². The lowest BCUT2D eigenvalue weighted by molar-refractivity contribution is -0.384. The summed E-state index contributed by atoms with van der Waals surface area (Å²) < 4.78 is 0. The van der Waals surface area contributed by atoms with Crippen LogP contribution in [0.2, 0.25) is 0 Å². The van der Waals surface area contributed by atoms with Gasteiger partial charge < -0.3 is 5.32 Å². The highest BCUT2D eigenvalue weighted by atomic mass is 32.1. The number of carbonyl (C=O) groups excluding carboxylic acids is 1. The van der Waals surface area contributed by atoms with Crippen LogP contribution in [0.3, 0.4) is 0 Å². The van der Waals surface area contributed by atoms with Crippen molar-refractivity contribution in [2.24, 2.45) is 0 Å². The lowest BCUT2D eigenvalue weighted by Gasteiger charge is -2.07. The summed E-state index contributed by atoms with van der Waals surface area (Å²) in [5.41, 5.74) is 0.570. The molecule has 2 aromatic rings. The van der Waals surface area contributed by atoms with E-state index in [0.717, 1.165) is 37.1 Å². The Hall–Kier alpha value is -2.55. The zero-order chi connectivity index (χ0) is 17.8. The first-order valence-corrected chi connectivity index (χ1v) is 9.07. The Balaban J connectivity index is 1.71. The second-order valence-electron chi connectivity index (χ2n) is 5.97. The summed E-state index contributed by atoms with van der Waals surface area (Å²) in [6.07, 6.45) is 4.93. The van der Waals surface area contributed by atoms with Gasteiger partial charge in [-0.2, -0.15) is 0 Å². The molecular formula is C16H19N5O3S. The molecule has 0 unspecified atom stereocenters. The van der Waals surface area contributed by atoms with E-state index in [1.807, 2.05) is 0 Å². The molecule has 1 fully saturated rings. The summed E-state index contributed by atoms with van der Waals surface area (Å²) in [5, 5.41) is 26.3.